The largest absolute Gasteiger partial charge is 0.511 e. The van der Waals surface area contributed by atoms with Gasteiger partial charge in [0.05, 0.1) is 0 Å². The fraction of sp³-hybridized carbons (Fsp3) is 0.462. The topological polar surface area (TPSA) is 46.5 Å². The van der Waals surface area contributed by atoms with Crippen LogP contribution in [0.25, 0.3) is 0 Å². The molecule has 3 heteroatoms. The van der Waals surface area contributed by atoms with Crippen molar-refractivity contribution in [1.29, 1.82) is 0 Å². The number of carboxylic acid groups (broad SMARTS) is 1. The van der Waals surface area contributed by atoms with Crippen LogP contribution in [0.2, 0.25) is 0 Å². The highest BCUT2D eigenvalue weighted by atomic mass is 16.7. The van der Waals surface area contributed by atoms with E-state index in [1.165, 1.54) is 5.56 Å². The Morgan fingerprint density at radius 2 is 2.12 bits per heavy atom. The van der Waals surface area contributed by atoms with Crippen molar-refractivity contribution in [2.75, 3.05) is 0 Å². The second kappa shape index (κ2) is 6.16. The summed E-state index contributed by atoms with van der Waals surface area (Å²) in [5.74, 6) is 0.486. The smallest absolute Gasteiger partial charge is 0.449 e. The van der Waals surface area contributed by atoms with Gasteiger partial charge in [-0.1, -0.05) is 32.4 Å². The van der Waals surface area contributed by atoms with Crippen LogP contribution in [-0.2, 0) is 12.8 Å². The molecule has 1 rings (SSSR count). The number of unbranched alkanes of at least 4 members (excludes halogenated alkanes) is 1. The molecule has 1 aromatic rings. The molecule has 0 saturated heterocycles. The van der Waals surface area contributed by atoms with Crippen LogP contribution in [0, 0.1) is 0 Å². The Kier molecular flexibility index (Phi) is 4.83. The molecule has 0 aliphatic carbocycles. The zero-order chi connectivity index (χ0) is 12.0. The predicted octanol–water partition coefficient (Wildman–Crippen LogP) is 3.65. The third-order valence-electron chi connectivity index (χ3n) is 2.59. The first kappa shape index (κ1) is 12.6. The first-order valence-corrected chi connectivity index (χ1v) is 5.70. The van der Waals surface area contributed by atoms with Crippen LogP contribution in [0.4, 0.5) is 4.79 Å². The standard InChI is InChI=1S/C13H18O3/c1-3-5-8-11-10(4-2)7-6-9-12(11)16-13(14)15/h6-7,9H,3-5,8H2,1-2H3,(H,14,15). The summed E-state index contributed by atoms with van der Waals surface area (Å²) in [5, 5.41) is 8.66. The quantitative estimate of drug-likeness (QED) is 0.611. The molecule has 0 saturated carbocycles. The summed E-state index contributed by atoms with van der Waals surface area (Å²) in [5.41, 5.74) is 2.21. The first-order valence-electron chi connectivity index (χ1n) is 5.70. The van der Waals surface area contributed by atoms with Gasteiger partial charge in [-0.3, -0.25) is 0 Å². The number of ether oxygens (including phenoxy) is 1. The Bertz CT molecular complexity index is 358. The van der Waals surface area contributed by atoms with Gasteiger partial charge in [-0.25, -0.2) is 4.79 Å². The molecule has 3 nitrogen and oxygen atoms in total. The predicted molar refractivity (Wildman–Crippen MR) is 63.1 cm³/mol. The monoisotopic (exact) mass is 222 g/mol. The van der Waals surface area contributed by atoms with E-state index in [-0.39, 0.29) is 0 Å². The lowest BCUT2D eigenvalue weighted by Gasteiger charge is -2.12. The SMILES string of the molecule is CCCCc1c(CC)cccc1OC(=O)O. The van der Waals surface area contributed by atoms with Gasteiger partial charge in [-0.2, -0.15) is 0 Å². The minimum absolute atomic E-state index is 0.486. The van der Waals surface area contributed by atoms with E-state index in [9.17, 15) is 4.79 Å². The lowest BCUT2D eigenvalue weighted by Crippen LogP contribution is -2.07. The molecular formula is C13H18O3. The van der Waals surface area contributed by atoms with Crippen LogP contribution in [-0.4, -0.2) is 11.3 Å². The number of rotatable bonds is 5. The normalized spacial score (nSPS) is 10.1. The maximum absolute atomic E-state index is 10.6. The average molecular weight is 222 g/mol. The Labute approximate surface area is 96.1 Å². The lowest BCUT2D eigenvalue weighted by atomic mass is 9.99. The number of hydrogen-bond acceptors (Lipinski definition) is 2. The van der Waals surface area contributed by atoms with Crippen molar-refractivity contribution in [1.82, 2.24) is 0 Å². The van der Waals surface area contributed by atoms with Gasteiger partial charge in [-0.15, -0.1) is 0 Å². The molecule has 0 fully saturated rings. The van der Waals surface area contributed by atoms with E-state index >= 15 is 0 Å². The van der Waals surface area contributed by atoms with E-state index in [2.05, 4.69) is 13.8 Å². The van der Waals surface area contributed by atoms with E-state index in [0.717, 1.165) is 31.2 Å². The van der Waals surface area contributed by atoms with Crippen molar-refractivity contribution < 1.29 is 14.6 Å². The maximum Gasteiger partial charge on any atom is 0.511 e. The molecule has 0 aromatic heterocycles. The molecule has 1 aromatic carbocycles. The van der Waals surface area contributed by atoms with Gasteiger partial charge in [-0.05, 0) is 36.5 Å². The molecule has 16 heavy (non-hydrogen) atoms. The minimum atomic E-state index is -1.24. The molecule has 0 radical (unpaired) electrons. The fourth-order valence-corrected chi connectivity index (χ4v) is 1.77. The van der Waals surface area contributed by atoms with Crippen molar-refractivity contribution in [2.24, 2.45) is 0 Å². The van der Waals surface area contributed by atoms with Crippen molar-refractivity contribution >= 4 is 6.16 Å². The maximum atomic E-state index is 10.6. The summed E-state index contributed by atoms with van der Waals surface area (Å²) in [6.45, 7) is 4.18. The highest BCUT2D eigenvalue weighted by molar-refractivity contribution is 5.62. The Hall–Kier alpha value is -1.51. The third-order valence-corrected chi connectivity index (χ3v) is 2.59. The molecule has 1 N–H and O–H groups in total. The molecule has 0 atom stereocenters. The third kappa shape index (κ3) is 3.26. The molecule has 0 aliphatic heterocycles. The van der Waals surface area contributed by atoms with Crippen molar-refractivity contribution in [3.05, 3.63) is 29.3 Å². The number of hydrogen-bond donors (Lipinski definition) is 1. The summed E-state index contributed by atoms with van der Waals surface area (Å²) in [6, 6.07) is 5.59. The van der Waals surface area contributed by atoms with Crippen LogP contribution >= 0.6 is 0 Å². The van der Waals surface area contributed by atoms with E-state index in [1.807, 2.05) is 12.1 Å². The Morgan fingerprint density at radius 3 is 2.69 bits per heavy atom. The molecule has 0 heterocycles. The van der Waals surface area contributed by atoms with E-state index in [1.54, 1.807) is 6.07 Å². The molecule has 0 aliphatic rings. The molecular weight excluding hydrogens is 204 g/mol. The number of carbonyl (C=O) groups is 1. The fourth-order valence-electron chi connectivity index (χ4n) is 1.77. The minimum Gasteiger partial charge on any atom is -0.449 e. The van der Waals surface area contributed by atoms with Crippen molar-refractivity contribution in [3.63, 3.8) is 0 Å². The summed E-state index contributed by atoms with van der Waals surface area (Å²) in [6.07, 6.45) is 2.67. The Morgan fingerprint density at radius 1 is 1.38 bits per heavy atom. The number of benzene rings is 1. The van der Waals surface area contributed by atoms with Crippen LogP contribution in [0.15, 0.2) is 18.2 Å². The van der Waals surface area contributed by atoms with Gasteiger partial charge < -0.3 is 9.84 Å². The second-order valence-electron chi connectivity index (χ2n) is 3.72. The number of aryl methyl sites for hydroxylation is 1. The van der Waals surface area contributed by atoms with Crippen LogP contribution in [0.3, 0.4) is 0 Å². The van der Waals surface area contributed by atoms with Crippen LogP contribution < -0.4 is 4.74 Å². The van der Waals surface area contributed by atoms with Crippen LogP contribution in [0.1, 0.15) is 37.8 Å². The summed E-state index contributed by atoms with van der Waals surface area (Å²) >= 11 is 0. The van der Waals surface area contributed by atoms with E-state index < -0.39 is 6.16 Å². The Balaban J connectivity index is 2.99. The van der Waals surface area contributed by atoms with Crippen LogP contribution in [0.5, 0.6) is 5.75 Å². The average Bonchev–Trinajstić information content (AvgIpc) is 2.26. The van der Waals surface area contributed by atoms with Crippen molar-refractivity contribution in [3.8, 4) is 5.75 Å². The van der Waals surface area contributed by atoms with E-state index in [0.29, 0.717) is 5.75 Å². The summed E-state index contributed by atoms with van der Waals surface area (Å²) in [4.78, 5) is 10.6. The van der Waals surface area contributed by atoms with Gasteiger partial charge >= 0.3 is 6.16 Å². The molecule has 88 valence electrons. The molecule has 0 spiro atoms. The molecule has 0 bridgehead atoms. The van der Waals surface area contributed by atoms with Gasteiger partial charge in [0, 0.05) is 0 Å². The first-order chi connectivity index (χ1) is 7.69. The van der Waals surface area contributed by atoms with Crippen molar-refractivity contribution in [2.45, 2.75) is 39.5 Å². The zero-order valence-electron chi connectivity index (χ0n) is 9.82. The van der Waals surface area contributed by atoms with Gasteiger partial charge in [0.2, 0.25) is 0 Å². The highest BCUT2D eigenvalue weighted by Crippen LogP contribution is 2.25. The summed E-state index contributed by atoms with van der Waals surface area (Å²) in [7, 11) is 0. The highest BCUT2D eigenvalue weighted by Gasteiger charge is 2.10. The molecule has 0 unspecified atom stereocenters. The lowest BCUT2D eigenvalue weighted by molar-refractivity contribution is 0.144. The van der Waals surface area contributed by atoms with Gasteiger partial charge in [0.15, 0.2) is 0 Å². The summed E-state index contributed by atoms with van der Waals surface area (Å²) < 4.78 is 4.80. The molecule has 0 amide bonds. The second-order valence-corrected chi connectivity index (χ2v) is 3.72. The van der Waals surface area contributed by atoms with Gasteiger partial charge in [0.25, 0.3) is 0 Å². The zero-order valence-corrected chi connectivity index (χ0v) is 9.82. The van der Waals surface area contributed by atoms with E-state index in [4.69, 9.17) is 9.84 Å². The van der Waals surface area contributed by atoms with Gasteiger partial charge in [0.1, 0.15) is 5.75 Å².